The van der Waals surface area contributed by atoms with Gasteiger partial charge in [0.1, 0.15) is 5.92 Å². The SMILES string of the molecule is CC1CN(CC2CCN(C(=O)C3CCN(c4ccccc4Br)C3=O)CC2)CC(C)O1. The van der Waals surface area contributed by atoms with Crippen LogP contribution in [0.25, 0.3) is 0 Å². The number of carbonyl (C=O) groups is 2. The maximum absolute atomic E-state index is 13.1. The molecule has 1 aromatic rings. The van der Waals surface area contributed by atoms with Crippen molar-refractivity contribution in [2.75, 3.05) is 44.2 Å². The predicted molar refractivity (Wildman–Crippen MR) is 120 cm³/mol. The first-order valence-electron chi connectivity index (χ1n) is 11.1. The molecular weight excluding hydrogens is 446 g/mol. The Balaban J connectivity index is 1.29. The largest absolute Gasteiger partial charge is 0.373 e. The summed E-state index contributed by atoms with van der Waals surface area (Å²) < 4.78 is 6.72. The van der Waals surface area contributed by atoms with Crippen molar-refractivity contribution in [2.24, 2.45) is 11.8 Å². The van der Waals surface area contributed by atoms with Gasteiger partial charge in [-0.3, -0.25) is 14.5 Å². The first kappa shape index (κ1) is 21.8. The highest BCUT2D eigenvalue weighted by molar-refractivity contribution is 9.10. The number of amides is 2. The molecule has 0 radical (unpaired) electrons. The summed E-state index contributed by atoms with van der Waals surface area (Å²) in [5.41, 5.74) is 0.852. The summed E-state index contributed by atoms with van der Waals surface area (Å²) in [6.45, 7) is 9.46. The van der Waals surface area contributed by atoms with Crippen LogP contribution < -0.4 is 4.90 Å². The number of nitrogens with zero attached hydrogens (tertiary/aromatic N) is 3. The van der Waals surface area contributed by atoms with Crippen LogP contribution in [0.15, 0.2) is 28.7 Å². The highest BCUT2D eigenvalue weighted by atomic mass is 79.9. The normalized spacial score (nSPS) is 28.9. The molecule has 0 bridgehead atoms. The number of ether oxygens (including phenoxy) is 1. The third kappa shape index (κ3) is 4.73. The second kappa shape index (κ2) is 9.37. The molecule has 0 saturated carbocycles. The van der Waals surface area contributed by atoms with Crippen LogP contribution in [0.4, 0.5) is 5.69 Å². The molecule has 0 spiro atoms. The fourth-order valence-electron chi connectivity index (χ4n) is 5.17. The molecule has 0 N–H and O–H groups in total. The maximum atomic E-state index is 13.1. The van der Waals surface area contributed by atoms with E-state index < -0.39 is 5.92 Å². The number of rotatable bonds is 4. The standard InChI is InChI=1S/C23H32BrN3O3/c1-16-13-25(14-17(2)30-16)15-18-7-10-26(11-8-18)22(28)19-9-12-27(23(19)29)21-6-4-3-5-20(21)24/h3-6,16-19H,7-15H2,1-2H3. The first-order chi connectivity index (χ1) is 14.4. The minimum atomic E-state index is -0.533. The molecule has 3 fully saturated rings. The zero-order chi connectivity index (χ0) is 21.3. The fraction of sp³-hybridized carbons (Fsp3) is 0.652. The summed E-state index contributed by atoms with van der Waals surface area (Å²) in [7, 11) is 0. The van der Waals surface area contributed by atoms with Gasteiger partial charge in [0.15, 0.2) is 0 Å². The molecule has 3 aliphatic rings. The zero-order valence-corrected chi connectivity index (χ0v) is 19.5. The van der Waals surface area contributed by atoms with Crippen molar-refractivity contribution in [3.05, 3.63) is 28.7 Å². The lowest BCUT2D eigenvalue weighted by atomic mass is 9.94. The first-order valence-corrected chi connectivity index (χ1v) is 11.9. The van der Waals surface area contributed by atoms with Gasteiger partial charge in [-0.25, -0.2) is 0 Å². The predicted octanol–water partition coefficient (Wildman–Crippen LogP) is 3.15. The van der Waals surface area contributed by atoms with Crippen molar-refractivity contribution in [3.63, 3.8) is 0 Å². The smallest absolute Gasteiger partial charge is 0.239 e. The number of hydrogen-bond acceptors (Lipinski definition) is 4. The van der Waals surface area contributed by atoms with Crippen molar-refractivity contribution in [3.8, 4) is 0 Å². The van der Waals surface area contributed by atoms with Gasteiger partial charge in [0.2, 0.25) is 11.8 Å². The van der Waals surface area contributed by atoms with Crippen molar-refractivity contribution in [2.45, 2.75) is 45.3 Å². The van der Waals surface area contributed by atoms with Gasteiger partial charge in [-0.05, 0) is 67.1 Å². The Hall–Kier alpha value is -1.44. The van der Waals surface area contributed by atoms with Gasteiger partial charge in [0.05, 0.1) is 17.9 Å². The lowest BCUT2D eigenvalue weighted by Crippen LogP contribution is -2.49. The van der Waals surface area contributed by atoms with Crippen LogP contribution >= 0.6 is 15.9 Å². The third-order valence-corrected chi connectivity index (χ3v) is 7.26. The van der Waals surface area contributed by atoms with E-state index >= 15 is 0 Å². The van der Waals surface area contributed by atoms with Gasteiger partial charge in [-0.2, -0.15) is 0 Å². The average molecular weight is 478 g/mol. The Labute approximate surface area is 187 Å². The topological polar surface area (TPSA) is 53.1 Å². The molecule has 3 unspecified atom stereocenters. The molecule has 0 aromatic heterocycles. The van der Waals surface area contributed by atoms with Crippen LogP contribution in [0.1, 0.15) is 33.1 Å². The number of hydrogen-bond donors (Lipinski definition) is 0. The van der Waals surface area contributed by atoms with Gasteiger partial charge in [-0.1, -0.05) is 12.1 Å². The Bertz CT molecular complexity index is 771. The quantitative estimate of drug-likeness (QED) is 0.625. The number of likely N-dealkylation sites (tertiary alicyclic amines) is 1. The van der Waals surface area contributed by atoms with Crippen LogP contribution in [-0.4, -0.2) is 73.1 Å². The van der Waals surface area contributed by atoms with E-state index in [0.29, 0.717) is 18.9 Å². The molecular formula is C23H32BrN3O3. The lowest BCUT2D eigenvalue weighted by Gasteiger charge is -2.39. The Morgan fingerprint density at radius 3 is 2.40 bits per heavy atom. The molecule has 0 aliphatic carbocycles. The van der Waals surface area contributed by atoms with Gasteiger partial charge < -0.3 is 14.5 Å². The fourth-order valence-corrected chi connectivity index (χ4v) is 5.67. The number of carbonyl (C=O) groups excluding carboxylic acids is 2. The maximum Gasteiger partial charge on any atom is 0.239 e. The number of benzene rings is 1. The number of anilines is 1. The highest BCUT2D eigenvalue weighted by Crippen LogP contribution is 2.32. The van der Waals surface area contributed by atoms with E-state index in [4.69, 9.17) is 4.74 Å². The summed E-state index contributed by atoms with van der Waals surface area (Å²) in [6, 6.07) is 7.70. The summed E-state index contributed by atoms with van der Waals surface area (Å²) in [5, 5.41) is 0. The van der Waals surface area contributed by atoms with E-state index in [0.717, 1.165) is 55.7 Å². The summed E-state index contributed by atoms with van der Waals surface area (Å²) in [5.74, 6) is 0.0316. The lowest BCUT2D eigenvalue weighted by molar-refractivity contribution is -0.141. The average Bonchev–Trinajstić information content (AvgIpc) is 3.09. The molecule has 6 nitrogen and oxygen atoms in total. The van der Waals surface area contributed by atoms with E-state index in [-0.39, 0.29) is 24.0 Å². The minimum absolute atomic E-state index is 0.0154. The van der Waals surface area contributed by atoms with E-state index in [1.165, 1.54) is 0 Å². The number of morpholine rings is 1. The minimum Gasteiger partial charge on any atom is -0.373 e. The molecule has 4 rings (SSSR count). The second-order valence-corrected chi connectivity index (χ2v) is 9.88. The van der Waals surface area contributed by atoms with E-state index in [9.17, 15) is 9.59 Å². The van der Waals surface area contributed by atoms with Crippen LogP contribution in [0.2, 0.25) is 0 Å². The molecule has 7 heteroatoms. The molecule has 3 atom stereocenters. The number of piperidine rings is 1. The molecule has 3 heterocycles. The summed E-state index contributed by atoms with van der Waals surface area (Å²) in [6.07, 6.45) is 3.21. The number of para-hydroxylation sites is 1. The van der Waals surface area contributed by atoms with Crippen LogP contribution in [0.5, 0.6) is 0 Å². The Morgan fingerprint density at radius 1 is 1.07 bits per heavy atom. The molecule has 30 heavy (non-hydrogen) atoms. The van der Waals surface area contributed by atoms with E-state index in [1.54, 1.807) is 4.90 Å². The molecule has 1 aromatic carbocycles. The molecule has 3 saturated heterocycles. The van der Waals surface area contributed by atoms with Crippen molar-refractivity contribution in [1.29, 1.82) is 0 Å². The van der Waals surface area contributed by atoms with Crippen molar-refractivity contribution < 1.29 is 14.3 Å². The van der Waals surface area contributed by atoms with Gasteiger partial charge in [0.25, 0.3) is 0 Å². The summed E-state index contributed by atoms with van der Waals surface area (Å²) >= 11 is 3.52. The zero-order valence-electron chi connectivity index (χ0n) is 17.9. The Morgan fingerprint density at radius 2 is 1.73 bits per heavy atom. The summed E-state index contributed by atoms with van der Waals surface area (Å²) in [4.78, 5) is 32.2. The monoisotopic (exact) mass is 477 g/mol. The molecule has 2 amide bonds. The van der Waals surface area contributed by atoms with E-state index in [1.807, 2.05) is 29.2 Å². The van der Waals surface area contributed by atoms with Gasteiger partial charge in [-0.15, -0.1) is 0 Å². The molecule has 3 aliphatic heterocycles. The highest BCUT2D eigenvalue weighted by Gasteiger charge is 2.41. The third-order valence-electron chi connectivity index (χ3n) is 6.58. The van der Waals surface area contributed by atoms with Crippen LogP contribution in [-0.2, 0) is 14.3 Å². The van der Waals surface area contributed by atoms with Gasteiger partial charge >= 0.3 is 0 Å². The van der Waals surface area contributed by atoms with Crippen molar-refractivity contribution in [1.82, 2.24) is 9.80 Å². The van der Waals surface area contributed by atoms with E-state index in [2.05, 4.69) is 34.7 Å². The second-order valence-electron chi connectivity index (χ2n) is 9.03. The van der Waals surface area contributed by atoms with Crippen LogP contribution in [0.3, 0.4) is 0 Å². The molecule has 164 valence electrons. The van der Waals surface area contributed by atoms with Crippen LogP contribution in [0, 0.1) is 11.8 Å². The van der Waals surface area contributed by atoms with Crippen molar-refractivity contribution >= 4 is 33.4 Å². The number of halogens is 1. The van der Waals surface area contributed by atoms with Gasteiger partial charge in [0, 0.05) is 43.7 Å². The Kier molecular flexibility index (Phi) is 6.80.